The molecule has 1 unspecified atom stereocenters. The summed E-state index contributed by atoms with van der Waals surface area (Å²) >= 11 is 0. The Bertz CT molecular complexity index is 1040. The average molecular weight is 455 g/mol. The van der Waals surface area contributed by atoms with Crippen LogP contribution < -0.4 is 9.47 Å². The topological polar surface area (TPSA) is 99.5 Å². The minimum atomic E-state index is -0.873. The zero-order valence-electron chi connectivity index (χ0n) is 19.4. The molecule has 0 saturated carbocycles. The van der Waals surface area contributed by atoms with Crippen molar-refractivity contribution in [1.82, 2.24) is 9.80 Å². The lowest BCUT2D eigenvalue weighted by Crippen LogP contribution is -2.38. The Morgan fingerprint density at radius 2 is 1.64 bits per heavy atom. The van der Waals surface area contributed by atoms with Crippen molar-refractivity contribution in [2.24, 2.45) is 0 Å². The van der Waals surface area contributed by atoms with Crippen molar-refractivity contribution in [2.75, 3.05) is 40.4 Å². The van der Waals surface area contributed by atoms with Crippen molar-refractivity contribution in [3.05, 3.63) is 59.2 Å². The van der Waals surface area contributed by atoms with Gasteiger partial charge < -0.3 is 29.5 Å². The maximum atomic E-state index is 13.2. The third-order valence-electron chi connectivity index (χ3n) is 5.94. The highest BCUT2D eigenvalue weighted by molar-refractivity contribution is 6.46. The van der Waals surface area contributed by atoms with E-state index >= 15 is 0 Å². The van der Waals surface area contributed by atoms with E-state index in [0.717, 1.165) is 13.1 Å². The molecule has 1 atom stereocenters. The normalized spacial score (nSPS) is 17.6. The molecule has 0 bridgehead atoms. The van der Waals surface area contributed by atoms with E-state index in [0.29, 0.717) is 23.6 Å². The Hall–Kier alpha value is -3.52. The van der Waals surface area contributed by atoms with Gasteiger partial charge in [0, 0.05) is 13.1 Å². The number of amides is 1. The Labute approximate surface area is 193 Å². The number of hydrogen-bond donors (Lipinski definition) is 2. The zero-order valence-corrected chi connectivity index (χ0v) is 19.4. The number of nitrogens with zero attached hydrogens (tertiary/aromatic N) is 2. The third-order valence-corrected chi connectivity index (χ3v) is 5.94. The quantitative estimate of drug-likeness (QED) is 0.341. The number of rotatable bonds is 9. The number of carbonyl (C=O) groups excluding carboxylic acids is 2. The maximum absolute atomic E-state index is 13.2. The van der Waals surface area contributed by atoms with Crippen LogP contribution in [0.15, 0.2) is 48.0 Å². The molecule has 0 spiro atoms. The largest absolute Gasteiger partial charge is 0.508 e. The van der Waals surface area contributed by atoms with Gasteiger partial charge in [-0.15, -0.1) is 0 Å². The molecule has 8 nitrogen and oxygen atoms in total. The summed E-state index contributed by atoms with van der Waals surface area (Å²) in [6.45, 7) is 6.50. The molecule has 2 N–H and O–H groups in total. The summed E-state index contributed by atoms with van der Waals surface area (Å²) in [7, 11) is 2.89. The molecule has 8 heteroatoms. The minimum Gasteiger partial charge on any atom is -0.508 e. The molecule has 1 heterocycles. The number of aliphatic hydroxyl groups is 1. The van der Waals surface area contributed by atoms with Gasteiger partial charge in [-0.2, -0.15) is 0 Å². The molecule has 3 rings (SSSR count). The summed E-state index contributed by atoms with van der Waals surface area (Å²) in [5, 5.41) is 21.4. The van der Waals surface area contributed by atoms with E-state index in [2.05, 4.69) is 4.90 Å². The van der Waals surface area contributed by atoms with Gasteiger partial charge in [-0.05, 0) is 42.9 Å². The van der Waals surface area contributed by atoms with Crippen LogP contribution in [-0.2, 0) is 9.59 Å². The molecular formula is C25H30N2O6. The summed E-state index contributed by atoms with van der Waals surface area (Å²) in [5.41, 5.74) is 0.631. The smallest absolute Gasteiger partial charge is 0.295 e. The van der Waals surface area contributed by atoms with Gasteiger partial charge in [0.1, 0.15) is 28.6 Å². The van der Waals surface area contributed by atoms with Gasteiger partial charge in [-0.1, -0.05) is 32.0 Å². The summed E-state index contributed by atoms with van der Waals surface area (Å²) in [6, 6.07) is 10.5. The number of phenolic OH excluding ortho intramolecular Hbond substituents is 1. The van der Waals surface area contributed by atoms with Gasteiger partial charge in [0.15, 0.2) is 0 Å². The van der Waals surface area contributed by atoms with Crippen LogP contribution in [0.5, 0.6) is 17.2 Å². The summed E-state index contributed by atoms with van der Waals surface area (Å²) in [5.74, 6) is -1.29. The van der Waals surface area contributed by atoms with Crippen LogP contribution in [0.25, 0.3) is 5.76 Å². The van der Waals surface area contributed by atoms with Gasteiger partial charge >= 0.3 is 0 Å². The molecule has 0 aliphatic carbocycles. The highest BCUT2D eigenvalue weighted by Crippen LogP contribution is 2.43. The molecule has 1 fully saturated rings. The number of methoxy groups -OCH3 is 2. The number of Topliss-reactive ketones (excluding diaryl/α,β-unsaturated/α-hetero) is 1. The summed E-state index contributed by atoms with van der Waals surface area (Å²) in [4.78, 5) is 29.9. The second-order valence-corrected chi connectivity index (χ2v) is 7.65. The Morgan fingerprint density at radius 1 is 1.03 bits per heavy atom. The van der Waals surface area contributed by atoms with Gasteiger partial charge in [0.2, 0.25) is 0 Å². The Kier molecular flexibility index (Phi) is 7.60. The first-order valence-electron chi connectivity index (χ1n) is 10.9. The van der Waals surface area contributed by atoms with Crippen LogP contribution in [0.2, 0.25) is 0 Å². The van der Waals surface area contributed by atoms with Crippen LogP contribution in [0.1, 0.15) is 31.0 Å². The summed E-state index contributed by atoms with van der Waals surface area (Å²) in [6.07, 6.45) is 0. The lowest BCUT2D eigenvalue weighted by molar-refractivity contribution is -0.140. The monoisotopic (exact) mass is 454 g/mol. The lowest BCUT2D eigenvalue weighted by atomic mass is 9.94. The van der Waals surface area contributed by atoms with Crippen molar-refractivity contribution in [3.63, 3.8) is 0 Å². The third kappa shape index (κ3) is 4.66. The molecule has 2 aromatic rings. The van der Waals surface area contributed by atoms with Crippen molar-refractivity contribution < 1.29 is 29.3 Å². The number of aliphatic hydroxyl groups excluding tert-OH is 1. The number of phenols is 1. The fourth-order valence-electron chi connectivity index (χ4n) is 4.16. The van der Waals surface area contributed by atoms with E-state index in [4.69, 9.17) is 9.47 Å². The first-order chi connectivity index (χ1) is 15.9. The molecule has 1 amide bonds. The number of carbonyl (C=O) groups is 2. The lowest BCUT2D eigenvalue weighted by Gasteiger charge is -2.28. The molecule has 176 valence electrons. The van der Waals surface area contributed by atoms with Gasteiger partial charge in [0.05, 0.1) is 25.8 Å². The number of aromatic hydroxyl groups is 1. The highest BCUT2D eigenvalue weighted by atomic mass is 16.5. The van der Waals surface area contributed by atoms with E-state index in [1.54, 1.807) is 30.3 Å². The standard InChI is InChI=1S/C25H30N2O6/c1-5-26(6-2)13-14-27-22(16-9-7-10-17(28)15-16)21(24(30)25(27)31)23(29)20-18(32-3)11-8-12-19(20)33-4/h7-12,15,22,28-29H,5-6,13-14H2,1-4H3/b23-21+. The Balaban J connectivity index is 2.20. The second kappa shape index (κ2) is 10.4. The fourth-order valence-corrected chi connectivity index (χ4v) is 4.16. The van der Waals surface area contributed by atoms with Crippen LogP contribution in [-0.4, -0.2) is 72.1 Å². The summed E-state index contributed by atoms with van der Waals surface area (Å²) < 4.78 is 10.8. The molecule has 33 heavy (non-hydrogen) atoms. The maximum Gasteiger partial charge on any atom is 0.295 e. The predicted molar refractivity (Wildman–Crippen MR) is 124 cm³/mol. The van der Waals surface area contributed by atoms with Crippen LogP contribution in [0.3, 0.4) is 0 Å². The number of hydrogen-bond acceptors (Lipinski definition) is 7. The number of ketones is 1. The second-order valence-electron chi connectivity index (χ2n) is 7.65. The van der Waals surface area contributed by atoms with E-state index in [9.17, 15) is 19.8 Å². The fraction of sp³-hybridized carbons (Fsp3) is 0.360. The van der Waals surface area contributed by atoms with Crippen LogP contribution in [0, 0.1) is 0 Å². The number of benzene rings is 2. The molecule has 0 aromatic heterocycles. The van der Waals surface area contributed by atoms with Crippen LogP contribution in [0.4, 0.5) is 0 Å². The number of likely N-dealkylation sites (tertiary alicyclic amines) is 1. The van der Waals surface area contributed by atoms with Crippen molar-refractivity contribution in [1.29, 1.82) is 0 Å². The number of likely N-dealkylation sites (N-methyl/N-ethyl adjacent to an activating group) is 1. The van der Waals surface area contributed by atoms with Crippen LogP contribution >= 0.6 is 0 Å². The molecule has 0 radical (unpaired) electrons. The van der Waals surface area contributed by atoms with Gasteiger partial charge in [0.25, 0.3) is 11.7 Å². The molecular weight excluding hydrogens is 424 g/mol. The molecule has 1 saturated heterocycles. The number of ether oxygens (including phenoxy) is 2. The van der Waals surface area contributed by atoms with E-state index < -0.39 is 17.7 Å². The van der Waals surface area contributed by atoms with Crippen molar-refractivity contribution in [3.8, 4) is 17.2 Å². The average Bonchev–Trinajstić information content (AvgIpc) is 3.08. The SMILES string of the molecule is CCN(CC)CCN1C(=O)C(=O)/C(=C(/O)c2c(OC)cccc2OC)C1c1cccc(O)c1. The van der Waals surface area contributed by atoms with Gasteiger partial charge in [-0.3, -0.25) is 9.59 Å². The van der Waals surface area contributed by atoms with Crippen molar-refractivity contribution >= 4 is 17.4 Å². The molecule has 1 aliphatic rings. The Morgan fingerprint density at radius 3 is 2.18 bits per heavy atom. The minimum absolute atomic E-state index is 0.00305. The molecule has 2 aromatic carbocycles. The van der Waals surface area contributed by atoms with E-state index in [1.165, 1.54) is 31.3 Å². The van der Waals surface area contributed by atoms with Gasteiger partial charge in [-0.25, -0.2) is 0 Å². The first kappa shape index (κ1) is 24.1. The first-order valence-corrected chi connectivity index (χ1v) is 10.9. The van der Waals surface area contributed by atoms with E-state index in [1.807, 2.05) is 13.8 Å². The van der Waals surface area contributed by atoms with Crippen molar-refractivity contribution in [2.45, 2.75) is 19.9 Å². The van der Waals surface area contributed by atoms with E-state index in [-0.39, 0.29) is 29.2 Å². The zero-order chi connectivity index (χ0) is 24.1. The predicted octanol–water partition coefficient (Wildman–Crippen LogP) is 3.17. The molecule has 1 aliphatic heterocycles. The highest BCUT2D eigenvalue weighted by Gasteiger charge is 2.46.